The van der Waals surface area contributed by atoms with Crippen LogP contribution in [-0.2, 0) is 0 Å². The number of hydrogen-bond acceptors (Lipinski definition) is 5. The Hall–Kier alpha value is -1.36. The van der Waals surface area contributed by atoms with E-state index in [9.17, 15) is 0 Å². The lowest BCUT2D eigenvalue weighted by Crippen LogP contribution is -2.04. The maximum atomic E-state index is 8.58. The van der Waals surface area contributed by atoms with Crippen LogP contribution in [0.2, 0.25) is 0 Å². The van der Waals surface area contributed by atoms with Gasteiger partial charge in [-0.25, -0.2) is 4.98 Å². The summed E-state index contributed by atoms with van der Waals surface area (Å²) < 4.78 is 10.2. The third-order valence-electron chi connectivity index (χ3n) is 1.63. The van der Waals surface area contributed by atoms with Gasteiger partial charge in [0.25, 0.3) is 0 Å². The van der Waals surface area contributed by atoms with Crippen LogP contribution in [0.15, 0.2) is 6.20 Å². The number of methoxy groups -OCH3 is 1. The minimum atomic E-state index is 0.112. The summed E-state index contributed by atoms with van der Waals surface area (Å²) in [5.41, 5.74) is 0.851. The van der Waals surface area contributed by atoms with E-state index in [-0.39, 0.29) is 12.6 Å². The Balaban J connectivity index is 2.64. The van der Waals surface area contributed by atoms with Crippen molar-refractivity contribution < 1.29 is 14.6 Å². The highest BCUT2D eigenvalue weighted by Crippen LogP contribution is 2.15. The summed E-state index contributed by atoms with van der Waals surface area (Å²) in [4.78, 5) is 7.95. The molecular formula is C9H14N2O3. The van der Waals surface area contributed by atoms with Crippen LogP contribution >= 0.6 is 0 Å². The number of ether oxygens (including phenoxy) is 2. The van der Waals surface area contributed by atoms with Crippen molar-refractivity contribution in [2.45, 2.75) is 13.3 Å². The zero-order valence-electron chi connectivity index (χ0n) is 8.36. The molecule has 0 aliphatic carbocycles. The predicted octanol–water partition coefficient (Wildman–Crippen LogP) is 0.555. The van der Waals surface area contributed by atoms with E-state index in [1.165, 1.54) is 7.11 Å². The molecule has 0 unspecified atom stereocenters. The maximum Gasteiger partial charge on any atom is 0.319 e. The number of nitrogens with zero attached hydrogens (tertiary/aromatic N) is 2. The fourth-order valence-electron chi connectivity index (χ4n) is 0.889. The molecule has 0 aliphatic heterocycles. The highest BCUT2D eigenvalue weighted by Gasteiger charge is 2.04. The molecule has 1 N–H and O–H groups in total. The molecule has 0 amide bonds. The molecule has 78 valence electrons. The number of aliphatic hydroxyl groups excluding tert-OH is 1. The molecule has 1 rings (SSSR count). The lowest BCUT2D eigenvalue weighted by molar-refractivity contribution is 0.226. The highest BCUT2D eigenvalue weighted by atomic mass is 16.5. The minimum absolute atomic E-state index is 0.112. The van der Waals surface area contributed by atoms with Crippen molar-refractivity contribution in [1.82, 2.24) is 9.97 Å². The quantitative estimate of drug-likeness (QED) is 0.700. The predicted molar refractivity (Wildman–Crippen MR) is 50.5 cm³/mol. The second kappa shape index (κ2) is 5.39. The zero-order chi connectivity index (χ0) is 10.4. The number of hydrogen-bond donors (Lipinski definition) is 1. The summed E-state index contributed by atoms with van der Waals surface area (Å²) in [5.74, 6) is 0.505. The van der Waals surface area contributed by atoms with E-state index in [4.69, 9.17) is 14.6 Å². The van der Waals surface area contributed by atoms with Gasteiger partial charge in [-0.1, -0.05) is 0 Å². The largest absolute Gasteiger partial charge is 0.477 e. The first-order chi connectivity index (χ1) is 6.77. The van der Waals surface area contributed by atoms with Crippen molar-refractivity contribution in [3.05, 3.63) is 11.8 Å². The van der Waals surface area contributed by atoms with Gasteiger partial charge in [0, 0.05) is 24.8 Å². The first-order valence-electron chi connectivity index (χ1n) is 4.39. The second-order valence-electron chi connectivity index (χ2n) is 2.77. The third kappa shape index (κ3) is 2.85. The van der Waals surface area contributed by atoms with E-state index in [1.54, 1.807) is 6.20 Å². The van der Waals surface area contributed by atoms with Crippen LogP contribution in [-0.4, -0.2) is 35.4 Å². The zero-order valence-corrected chi connectivity index (χ0v) is 8.36. The number of rotatable bonds is 5. The van der Waals surface area contributed by atoms with E-state index in [2.05, 4.69) is 9.97 Å². The number of aromatic nitrogens is 2. The first-order valence-corrected chi connectivity index (χ1v) is 4.39. The molecule has 0 bridgehead atoms. The normalized spacial score (nSPS) is 9.93. The summed E-state index contributed by atoms with van der Waals surface area (Å²) >= 11 is 0. The standard InChI is InChI=1S/C9H14N2O3/c1-7-6-10-9(13-2)11-8(7)14-5-3-4-12/h6,12H,3-5H2,1-2H3. The van der Waals surface area contributed by atoms with Crippen LogP contribution in [0, 0.1) is 6.92 Å². The van der Waals surface area contributed by atoms with Crippen LogP contribution in [0.25, 0.3) is 0 Å². The molecule has 0 spiro atoms. The van der Waals surface area contributed by atoms with Gasteiger partial charge < -0.3 is 14.6 Å². The van der Waals surface area contributed by atoms with E-state index >= 15 is 0 Å². The van der Waals surface area contributed by atoms with Crippen LogP contribution in [0.4, 0.5) is 0 Å². The maximum absolute atomic E-state index is 8.58. The van der Waals surface area contributed by atoms with E-state index in [1.807, 2.05) is 6.92 Å². The average molecular weight is 198 g/mol. The molecule has 1 aromatic rings. The molecule has 0 aliphatic rings. The summed E-state index contributed by atoms with van der Waals surface area (Å²) in [6, 6.07) is 0.287. The Morgan fingerprint density at radius 3 is 2.93 bits per heavy atom. The SMILES string of the molecule is COc1ncc(C)c(OCCCO)n1. The Bertz CT molecular complexity index is 291. The van der Waals surface area contributed by atoms with Gasteiger partial charge in [-0.3, -0.25) is 0 Å². The molecule has 14 heavy (non-hydrogen) atoms. The van der Waals surface area contributed by atoms with Gasteiger partial charge in [0.1, 0.15) is 0 Å². The molecule has 0 saturated carbocycles. The molecule has 1 aromatic heterocycles. The van der Waals surface area contributed by atoms with E-state index in [0.717, 1.165) is 5.56 Å². The van der Waals surface area contributed by atoms with Crippen molar-refractivity contribution in [1.29, 1.82) is 0 Å². The summed E-state index contributed by atoms with van der Waals surface area (Å²) in [6.45, 7) is 2.41. The van der Waals surface area contributed by atoms with Gasteiger partial charge in [-0.05, 0) is 6.92 Å². The van der Waals surface area contributed by atoms with E-state index < -0.39 is 0 Å². The molecular weight excluding hydrogens is 184 g/mol. The van der Waals surface area contributed by atoms with Gasteiger partial charge in [0.15, 0.2) is 0 Å². The summed E-state index contributed by atoms with van der Waals surface area (Å²) in [7, 11) is 1.50. The number of aliphatic hydroxyl groups is 1. The van der Waals surface area contributed by atoms with Crippen molar-refractivity contribution in [3.63, 3.8) is 0 Å². The fraction of sp³-hybridized carbons (Fsp3) is 0.556. The lowest BCUT2D eigenvalue weighted by Gasteiger charge is -2.07. The highest BCUT2D eigenvalue weighted by molar-refractivity contribution is 5.23. The van der Waals surface area contributed by atoms with Crippen molar-refractivity contribution in [2.24, 2.45) is 0 Å². The monoisotopic (exact) mass is 198 g/mol. The molecule has 1 heterocycles. The van der Waals surface area contributed by atoms with Crippen LogP contribution < -0.4 is 9.47 Å². The first kappa shape index (κ1) is 10.7. The van der Waals surface area contributed by atoms with E-state index in [0.29, 0.717) is 18.9 Å². The number of aryl methyl sites for hydroxylation is 1. The molecule has 0 fully saturated rings. The minimum Gasteiger partial charge on any atom is -0.477 e. The average Bonchev–Trinajstić information content (AvgIpc) is 2.21. The molecule has 0 aromatic carbocycles. The van der Waals surface area contributed by atoms with Gasteiger partial charge in [0.2, 0.25) is 5.88 Å². The van der Waals surface area contributed by atoms with Gasteiger partial charge >= 0.3 is 6.01 Å². The Morgan fingerprint density at radius 2 is 2.29 bits per heavy atom. The Kier molecular flexibility index (Phi) is 4.12. The summed E-state index contributed by atoms with van der Waals surface area (Å²) in [6.07, 6.45) is 2.23. The summed E-state index contributed by atoms with van der Waals surface area (Å²) in [5, 5.41) is 8.58. The van der Waals surface area contributed by atoms with Crippen molar-refractivity contribution in [3.8, 4) is 11.9 Å². The van der Waals surface area contributed by atoms with Gasteiger partial charge in [0.05, 0.1) is 13.7 Å². The topological polar surface area (TPSA) is 64.5 Å². The smallest absolute Gasteiger partial charge is 0.319 e. The van der Waals surface area contributed by atoms with Crippen molar-refractivity contribution >= 4 is 0 Å². The Labute approximate surface area is 82.7 Å². The van der Waals surface area contributed by atoms with Gasteiger partial charge in [-0.15, -0.1) is 0 Å². The van der Waals surface area contributed by atoms with Crippen LogP contribution in [0.3, 0.4) is 0 Å². The lowest BCUT2D eigenvalue weighted by atomic mass is 10.4. The fourth-order valence-corrected chi connectivity index (χ4v) is 0.889. The molecule has 5 heteroatoms. The van der Waals surface area contributed by atoms with Crippen LogP contribution in [0.5, 0.6) is 11.9 Å². The molecule has 0 atom stereocenters. The molecule has 0 saturated heterocycles. The van der Waals surface area contributed by atoms with Crippen LogP contribution in [0.1, 0.15) is 12.0 Å². The van der Waals surface area contributed by atoms with Crippen molar-refractivity contribution in [2.75, 3.05) is 20.3 Å². The second-order valence-corrected chi connectivity index (χ2v) is 2.77. The van der Waals surface area contributed by atoms with Gasteiger partial charge in [-0.2, -0.15) is 4.98 Å². The molecule has 0 radical (unpaired) electrons. The molecule has 5 nitrogen and oxygen atoms in total. The third-order valence-corrected chi connectivity index (χ3v) is 1.63. The Morgan fingerprint density at radius 1 is 1.50 bits per heavy atom.